The zero-order valence-corrected chi connectivity index (χ0v) is 20.5. The summed E-state index contributed by atoms with van der Waals surface area (Å²) >= 11 is 0. The van der Waals surface area contributed by atoms with Crippen LogP contribution in [0, 0.1) is 23.2 Å². The summed E-state index contributed by atoms with van der Waals surface area (Å²) < 4.78 is 56.8. The molecule has 2 aromatic rings. The number of anilines is 1. The highest BCUT2D eigenvalue weighted by atomic mass is 32.2. The van der Waals surface area contributed by atoms with Gasteiger partial charge in [-0.25, -0.2) is 18.4 Å². The van der Waals surface area contributed by atoms with Crippen LogP contribution in [-0.4, -0.2) is 41.8 Å². The molecule has 0 unspecified atom stereocenters. The Labute approximate surface area is 208 Å². The van der Waals surface area contributed by atoms with E-state index in [1.807, 2.05) is 0 Å². The molecule has 1 aliphatic heterocycles. The molecule has 1 N–H and O–H groups in total. The second kappa shape index (κ2) is 8.72. The molecule has 11 heteroatoms. The van der Waals surface area contributed by atoms with Gasteiger partial charge in [0.2, 0.25) is 15.9 Å². The monoisotopic (exact) mass is 518 g/mol. The second-order valence-electron chi connectivity index (χ2n) is 10.7. The number of benzene rings is 1. The average molecular weight is 519 g/mol. The number of rotatable bonds is 6. The molecule has 0 radical (unpaired) electrons. The first-order chi connectivity index (χ1) is 17.2. The van der Waals surface area contributed by atoms with E-state index in [9.17, 15) is 22.0 Å². The fourth-order valence-electron chi connectivity index (χ4n) is 7.21. The van der Waals surface area contributed by atoms with Crippen LogP contribution < -0.4 is 10.1 Å². The number of hydrogen-bond acceptors (Lipinski definition) is 6. The number of ether oxygens (including phenoxy) is 1. The topological polar surface area (TPSA) is 101 Å². The minimum absolute atomic E-state index is 0.0167. The molecular weight excluding hydrogens is 490 g/mol. The Kier molecular flexibility index (Phi) is 5.75. The van der Waals surface area contributed by atoms with Crippen molar-refractivity contribution in [1.29, 1.82) is 0 Å². The number of fused-ring (bicyclic) bond motifs is 1. The van der Waals surface area contributed by atoms with Crippen molar-refractivity contribution in [3.8, 4) is 5.75 Å². The Morgan fingerprint density at radius 3 is 2.31 bits per heavy atom. The van der Waals surface area contributed by atoms with Gasteiger partial charge in [-0.15, -0.1) is 0 Å². The van der Waals surface area contributed by atoms with Crippen LogP contribution in [0.15, 0.2) is 35.5 Å². The van der Waals surface area contributed by atoms with E-state index in [0.717, 1.165) is 24.8 Å². The zero-order valence-electron chi connectivity index (χ0n) is 19.7. The lowest BCUT2D eigenvalue weighted by atomic mass is 9.49. The maximum absolute atomic E-state index is 13.5. The lowest BCUT2D eigenvalue weighted by molar-refractivity contribution is -0.140. The molecular formula is C25H28F2N4O4S. The summed E-state index contributed by atoms with van der Waals surface area (Å²) in [4.78, 5) is 22.2. The Bertz CT molecular complexity index is 1250. The van der Waals surface area contributed by atoms with E-state index in [1.165, 1.54) is 54.2 Å². The molecule has 4 bridgehead atoms. The molecule has 1 amide bonds. The van der Waals surface area contributed by atoms with Crippen molar-refractivity contribution < 1.29 is 26.7 Å². The van der Waals surface area contributed by atoms with Crippen LogP contribution in [-0.2, 0) is 27.8 Å². The summed E-state index contributed by atoms with van der Waals surface area (Å²) in [6, 6.07) is 4.91. The molecule has 1 aromatic heterocycles. The molecule has 5 aliphatic rings. The van der Waals surface area contributed by atoms with Gasteiger partial charge >= 0.3 is 6.61 Å². The highest BCUT2D eigenvalue weighted by molar-refractivity contribution is 7.89. The average Bonchev–Trinajstić information content (AvgIpc) is 2.83. The number of hydrogen-bond donors (Lipinski definition) is 1. The molecule has 7 rings (SSSR count). The number of halogens is 2. The minimum atomic E-state index is -3.87. The van der Waals surface area contributed by atoms with E-state index in [-0.39, 0.29) is 35.1 Å². The summed E-state index contributed by atoms with van der Waals surface area (Å²) in [5.41, 5.74) is 1.01. The molecule has 4 fully saturated rings. The summed E-state index contributed by atoms with van der Waals surface area (Å²) in [6.07, 6.45) is 8.33. The largest absolute Gasteiger partial charge is 0.435 e. The van der Waals surface area contributed by atoms with Crippen LogP contribution in [0.25, 0.3) is 0 Å². The van der Waals surface area contributed by atoms with Crippen LogP contribution in [0.4, 0.5) is 14.6 Å². The third-order valence-corrected chi connectivity index (χ3v) is 10.3. The Balaban J connectivity index is 1.19. The normalized spacial score (nSPS) is 29.2. The van der Waals surface area contributed by atoms with Gasteiger partial charge in [-0.05, 0) is 87.0 Å². The number of sulfonamides is 1. The third kappa shape index (κ3) is 4.15. The smallest absolute Gasteiger partial charge is 0.387 e. The first-order valence-corrected chi connectivity index (χ1v) is 13.8. The highest BCUT2D eigenvalue weighted by Gasteiger charge is 2.54. The summed E-state index contributed by atoms with van der Waals surface area (Å²) in [7, 11) is -3.87. The van der Waals surface area contributed by atoms with Crippen molar-refractivity contribution in [1.82, 2.24) is 14.3 Å². The SMILES string of the molecule is O=C(Nc1ncnc2c1CCN(S(=O)(=O)c1ccc(OC(F)F)cc1)C2)C12CC3CC(CC(C3)C1)C2. The van der Waals surface area contributed by atoms with Gasteiger partial charge in [0, 0.05) is 12.1 Å². The van der Waals surface area contributed by atoms with E-state index >= 15 is 0 Å². The lowest BCUT2D eigenvalue weighted by Crippen LogP contribution is -2.52. The van der Waals surface area contributed by atoms with Gasteiger partial charge in [-0.1, -0.05) is 0 Å². The van der Waals surface area contributed by atoms with Crippen molar-refractivity contribution in [2.45, 2.75) is 63.0 Å². The fraction of sp³-hybridized carbons (Fsp3) is 0.560. The Morgan fingerprint density at radius 2 is 1.69 bits per heavy atom. The summed E-state index contributed by atoms with van der Waals surface area (Å²) in [5.74, 6) is 2.36. The van der Waals surface area contributed by atoms with Gasteiger partial charge in [0.1, 0.15) is 17.9 Å². The number of carbonyl (C=O) groups is 1. The first-order valence-electron chi connectivity index (χ1n) is 12.4. The number of aromatic nitrogens is 2. The zero-order chi connectivity index (χ0) is 25.1. The quantitative estimate of drug-likeness (QED) is 0.621. The van der Waals surface area contributed by atoms with Crippen LogP contribution >= 0.6 is 0 Å². The molecule has 0 spiro atoms. The molecule has 36 heavy (non-hydrogen) atoms. The maximum Gasteiger partial charge on any atom is 0.387 e. The molecule has 0 atom stereocenters. The van der Waals surface area contributed by atoms with Crippen molar-refractivity contribution in [2.24, 2.45) is 23.2 Å². The predicted molar refractivity (Wildman–Crippen MR) is 126 cm³/mol. The van der Waals surface area contributed by atoms with Crippen LogP contribution in [0.5, 0.6) is 5.75 Å². The van der Waals surface area contributed by atoms with E-state index in [0.29, 0.717) is 35.7 Å². The number of alkyl halides is 2. The van der Waals surface area contributed by atoms with Gasteiger partial charge in [-0.2, -0.15) is 13.1 Å². The van der Waals surface area contributed by atoms with Gasteiger partial charge < -0.3 is 10.1 Å². The maximum atomic E-state index is 13.5. The third-order valence-electron chi connectivity index (χ3n) is 8.41. The molecule has 2 heterocycles. The van der Waals surface area contributed by atoms with Gasteiger partial charge in [0.15, 0.2) is 0 Å². The number of nitrogens with zero attached hydrogens (tertiary/aromatic N) is 3. The molecule has 4 saturated carbocycles. The molecule has 192 valence electrons. The van der Waals surface area contributed by atoms with Crippen LogP contribution in [0.2, 0.25) is 0 Å². The molecule has 0 saturated heterocycles. The van der Waals surface area contributed by atoms with Gasteiger partial charge in [0.05, 0.1) is 22.5 Å². The number of carbonyl (C=O) groups excluding carboxylic acids is 1. The number of amides is 1. The van der Waals surface area contributed by atoms with Crippen molar-refractivity contribution >= 4 is 21.7 Å². The van der Waals surface area contributed by atoms with Crippen molar-refractivity contribution in [3.63, 3.8) is 0 Å². The van der Waals surface area contributed by atoms with E-state index in [2.05, 4.69) is 20.0 Å². The summed E-state index contributed by atoms with van der Waals surface area (Å²) in [6.45, 7) is -2.75. The van der Waals surface area contributed by atoms with Crippen molar-refractivity contribution in [3.05, 3.63) is 41.9 Å². The first kappa shape index (κ1) is 23.7. The van der Waals surface area contributed by atoms with Gasteiger partial charge in [0.25, 0.3) is 0 Å². The van der Waals surface area contributed by atoms with E-state index in [4.69, 9.17) is 0 Å². The standard InChI is InChI=1S/C25H28F2N4O4S/c26-24(27)35-18-1-3-19(4-2-18)36(33,34)31-6-5-20-21(13-31)28-14-29-22(20)30-23(32)25-10-15-7-16(11-25)9-17(8-15)12-25/h1-4,14-17,24H,5-13H2,(H,28,29,30,32). The van der Waals surface area contributed by atoms with Crippen molar-refractivity contribution in [2.75, 3.05) is 11.9 Å². The molecule has 8 nitrogen and oxygen atoms in total. The van der Waals surface area contributed by atoms with Gasteiger partial charge in [-0.3, -0.25) is 4.79 Å². The van der Waals surface area contributed by atoms with E-state index < -0.39 is 16.6 Å². The minimum Gasteiger partial charge on any atom is -0.435 e. The Hall–Kier alpha value is -2.66. The highest BCUT2D eigenvalue weighted by Crippen LogP contribution is 2.60. The summed E-state index contributed by atoms with van der Waals surface area (Å²) in [5, 5.41) is 3.10. The molecule has 1 aromatic carbocycles. The fourth-order valence-corrected chi connectivity index (χ4v) is 8.62. The number of nitrogens with one attached hydrogen (secondary N) is 1. The van der Waals surface area contributed by atoms with Crippen LogP contribution in [0.1, 0.15) is 49.8 Å². The molecule has 4 aliphatic carbocycles. The lowest BCUT2D eigenvalue weighted by Gasteiger charge is -2.55. The predicted octanol–water partition coefficient (Wildman–Crippen LogP) is 3.98. The van der Waals surface area contributed by atoms with E-state index in [1.54, 1.807) is 0 Å². The second-order valence-corrected chi connectivity index (χ2v) is 12.7. The Morgan fingerprint density at radius 1 is 1.06 bits per heavy atom. The van der Waals surface area contributed by atoms with Crippen LogP contribution in [0.3, 0.4) is 0 Å².